The van der Waals surface area contributed by atoms with Crippen LogP contribution in [0.2, 0.25) is 0 Å². The predicted octanol–water partition coefficient (Wildman–Crippen LogP) is 5.44. The Bertz CT molecular complexity index is 866. The molecule has 0 fully saturated rings. The van der Waals surface area contributed by atoms with Crippen LogP contribution in [-0.4, -0.2) is 28.9 Å². The number of phenols is 2. The summed E-state index contributed by atoms with van der Waals surface area (Å²) >= 11 is 16.3. The third-order valence-electron chi connectivity index (χ3n) is 2.90. The van der Waals surface area contributed by atoms with Crippen LogP contribution in [0.25, 0.3) is 0 Å². The molecule has 2 rings (SSSR count). The van der Waals surface area contributed by atoms with Gasteiger partial charge in [0.25, 0.3) is 5.91 Å². The molecule has 0 bridgehead atoms. The zero-order valence-corrected chi connectivity index (χ0v) is 20.5. The maximum atomic E-state index is 11.9. The Morgan fingerprint density at radius 2 is 1.65 bits per heavy atom. The molecule has 26 heavy (non-hydrogen) atoms. The molecular formula is C15H9Br5N2O4. The van der Waals surface area contributed by atoms with Gasteiger partial charge in [-0.25, -0.2) is 5.43 Å². The monoisotopic (exact) mass is 676 g/mol. The molecule has 138 valence electrons. The van der Waals surface area contributed by atoms with Crippen molar-refractivity contribution in [3.8, 4) is 17.2 Å². The summed E-state index contributed by atoms with van der Waals surface area (Å²) in [4.78, 5) is 11.9. The summed E-state index contributed by atoms with van der Waals surface area (Å²) in [5.74, 6) is -0.346. The fourth-order valence-corrected chi connectivity index (χ4v) is 5.37. The molecule has 1 amide bonds. The smallest absolute Gasteiger partial charge is 0.277 e. The molecular weight excluding hydrogens is 672 g/mol. The van der Waals surface area contributed by atoms with Crippen LogP contribution < -0.4 is 10.2 Å². The van der Waals surface area contributed by atoms with Crippen LogP contribution in [0.15, 0.2) is 45.7 Å². The first-order valence-corrected chi connectivity index (χ1v) is 10.7. The van der Waals surface area contributed by atoms with Crippen LogP contribution in [0.4, 0.5) is 0 Å². The van der Waals surface area contributed by atoms with Gasteiger partial charge >= 0.3 is 0 Å². The Balaban J connectivity index is 1.99. The summed E-state index contributed by atoms with van der Waals surface area (Å²) in [7, 11) is 0. The molecule has 2 aromatic carbocycles. The van der Waals surface area contributed by atoms with Crippen molar-refractivity contribution in [2.45, 2.75) is 0 Å². The van der Waals surface area contributed by atoms with Gasteiger partial charge in [-0.15, -0.1) is 0 Å². The molecule has 11 heteroatoms. The van der Waals surface area contributed by atoms with Gasteiger partial charge in [0.1, 0.15) is 21.7 Å². The average Bonchev–Trinajstić information content (AvgIpc) is 2.56. The van der Waals surface area contributed by atoms with Crippen molar-refractivity contribution in [2.24, 2.45) is 5.10 Å². The maximum absolute atomic E-state index is 11.9. The number of benzene rings is 2. The van der Waals surface area contributed by atoms with Gasteiger partial charge in [-0.05, 0) is 81.9 Å². The van der Waals surface area contributed by atoms with Gasteiger partial charge in [-0.2, -0.15) is 5.10 Å². The molecule has 0 heterocycles. The number of carbonyl (C=O) groups excluding carboxylic acids is 1. The Kier molecular flexibility index (Phi) is 7.95. The van der Waals surface area contributed by atoms with Crippen LogP contribution in [0.5, 0.6) is 17.2 Å². The lowest BCUT2D eigenvalue weighted by atomic mass is 10.2. The largest absolute Gasteiger partial charge is 0.506 e. The molecule has 0 spiro atoms. The summed E-state index contributed by atoms with van der Waals surface area (Å²) in [5, 5.41) is 23.4. The van der Waals surface area contributed by atoms with E-state index in [4.69, 9.17) is 4.74 Å². The number of hydrogen-bond acceptors (Lipinski definition) is 5. The summed E-state index contributed by atoms with van der Waals surface area (Å²) in [6.07, 6.45) is 1.24. The van der Waals surface area contributed by atoms with Gasteiger partial charge in [0.2, 0.25) is 0 Å². The highest BCUT2D eigenvalue weighted by molar-refractivity contribution is 9.12. The minimum Gasteiger partial charge on any atom is -0.506 e. The zero-order chi connectivity index (χ0) is 19.4. The molecule has 0 atom stereocenters. The number of aromatic hydroxyl groups is 2. The van der Waals surface area contributed by atoms with Gasteiger partial charge in [0.05, 0.1) is 19.6 Å². The van der Waals surface area contributed by atoms with Gasteiger partial charge in [0, 0.05) is 10.0 Å². The van der Waals surface area contributed by atoms with Crippen LogP contribution in [0.3, 0.4) is 0 Å². The molecule has 2 aromatic rings. The molecule has 0 radical (unpaired) electrons. The highest BCUT2D eigenvalue weighted by atomic mass is 79.9. The lowest BCUT2D eigenvalue weighted by Crippen LogP contribution is -2.24. The van der Waals surface area contributed by atoms with E-state index in [1.807, 2.05) is 0 Å². The maximum Gasteiger partial charge on any atom is 0.277 e. The topological polar surface area (TPSA) is 91.2 Å². The quantitative estimate of drug-likeness (QED) is 0.290. The summed E-state index contributed by atoms with van der Waals surface area (Å²) in [6.45, 7) is -0.259. The van der Waals surface area contributed by atoms with E-state index < -0.39 is 5.91 Å². The second-order valence-electron chi connectivity index (χ2n) is 4.74. The number of nitrogens with zero attached hydrogens (tertiary/aromatic N) is 1. The molecule has 3 N–H and O–H groups in total. The number of ether oxygens (including phenoxy) is 1. The van der Waals surface area contributed by atoms with Crippen LogP contribution >= 0.6 is 79.6 Å². The Hall–Kier alpha value is -0.620. The van der Waals surface area contributed by atoms with E-state index in [1.54, 1.807) is 12.1 Å². The van der Waals surface area contributed by atoms with Crippen molar-refractivity contribution >= 4 is 91.8 Å². The van der Waals surface area contributed by atoms with Crippen LogP contribution in [0, 0.1) is 0 Å². The van der Waals surface area contributed by atoms with E-state index in [-0.39, 0.29) is 22.6 Å². The Labute approximate surface area is 190 Å². The predicted molar refractivity (Wildman–Crippen MR) is 116 cm³/mol. The van der Waals surface area contributed by atoms with E-state index in [1.165, 1.54) is 12.3 Å². The van der Waals surface area contributed by atoms with E-state index in [0.29, 0.717) is 24.7 Å². The van der Waals surface area contributed by atoms with E-state index >= 15 is 0 Å². The molecule has 0 aliphatic carbocycles. The second kappa shape index (κ2) is 9.54. The molecule has 0 saturated heterocycles. The number of carbonyl (C=O) groups is 1. The number of halogens is 5. The first kappa shape index (κ1) is 21.7. The number of rotatable bonds is 5. The van der Waals surface area contributed by atoms with Gasteiger partial charge in [-0.1, -0.05) is 15.9 Å². The molecule has 0 aromatic heterocycles. The van der Waals surface area contributed by atoms with Gasteiger partial charge in [0.15, 0.2) is 6.61 Å². The van der Waals surface area contributed by atoms with Gasteiger partial charge in [-0.3, -0.25) is 4.79 Å². The van der Waals surface area contributed by atoms with Crippen molar-refractivity contribution in [1.82, 2.24) is 5.43 Å². The van der Waals surface area contributed by atoms with Crippen molar-refractivity contribution < 1.29 is 19.7 Å². The third-order valence-corrected chi connectivity index (χ3v) is 5.89. The number of nitrogens with one attached hydrogen (secondary N) is 1. The standard InChI is InChI=1S/C15H9Br5N2O4/c16-7-2-9(18)15(10(19)3-7)26-5-11(23)22-21-4-6-1-8(17)14(25)12(20)13(6)24/h1-4,24-25H,5H2,(H,22,23)/b21-4-. The second-order valence-corrected chi connectivity index (χ2v) is 9.01. The van der Waals surface area contributed by atoms with Crippen LogP contribution in [-0.2, 0) is 4.79 Å². The highest BCUT2D eigenvalue weighted by Crippen LogP contribution is 2.40. The van der Waals surface area contributed by atoms with Crippen molar-refractivity contribution in [3.63, 3.8) is 0 Å². The minimum atomic E-state index is -0.487. The molecule has 0 aliphatic heterocycles. The summed E-state index contributed by atoms with van der Waals surface area (Å²) < 4.78 is 8.16. The normalized spacial score (nSPS) is 11.0. The molecule has 0 unspecified atom stereocenters. The lowest BCUT2D eigenvalue weighted by molar-refractivity contribution is -0.123. The fourth-order valence-electron chi connectivity index (χ4n) is 1.73. The zero-order valence-electron chi connectivity index (χ0n) is 12.6. The van der Waals surface area contributed by atoms with Crippen molar-refractivity contribution in [1.29, 1.82) is 0 Å². The number of hydrogen-bond donors (Lipinski definition) is 3. The van der Waals surface area contributed by atoms with E-state index in [9.17, 15) is 15.0 Å². The molecule has 6 nitrogen and oxygen atoms in total. The summed E-state index contributed by atoms with van der Waals surface area (Å²) in [6, 6.07) is 5.04. The van der Waals surface area contributed by atoms with E-state index in [0.717, 1.165) is 4.47 Å². The average molecular weight is 681 g/mol. The van der Waals surface area contributed by atoms with Crippen LogP contribution in [0.1, 0.15) is 5.56 Å². The SMILES string of the molecule is O=C(COc1c(Br)cc(Br)cc1Br)N/N=C\c1cc(Br)c(O)c(Br)c1O. The van der Waals surface area contributed by atoms with Gasteiger partial charge < -0.3 is 14.9 Å². The molecule has 0 saturated carbocycles. The van der Waals surface area contributed by atoms with Crippen molar-refractivity contribution in [3.05, 3.63) is 46.1 Å². The first-order chi connectivity index (χ1) is 12.2. The fraction of sp³-hybridized carbons (Fsp3) is 0.0667. The third kappa shape index (κ3) is 5.44. The minimum absolute atomic E-state index is 0.118. The Morgan fingerprint density at radius 1 is 1.04 bits per heavy atom. The highest BCUT2D eigenvalue weighted by Gasteiger charge is 2.13. The summed E-state index contributed by atoms with van der Waals surface area (Å²) in [5.41, 5.74) is 2.59. The number of phenolic OH excluding ortho intramolecular Hbond substituents is 2. The van der Waals surface area contributed by atoms with E-state index in [2.05, 4.69) is 90.2 Å². The van der Waals surface area contributed by atoms with Crippen molar-refractivity contribution in [2.75, 3.05) is 6.61 Å². The number of hydrazone groups is 1. The first-order valence-electron chi connectivity index (χ1n) is 6.70. The molecule has 0 aliphatic rings. The number of amides is 1. The Morgan fingerprint density at radius 3 is 2.27 bits per heavy atom. The lowest BCUT2D eigenvalue weighted by Gasteiger charge is -2.10.